The summed E-state index contributed by atoms with van der Waals surface area (Å²) < 4.78 is 21.4. The van der Waals surface area contributed by atoms with Crippen molar-refractivity contribution in [2.75, 3.05) is 19.5 Å². The highest BCUT2D eigenvalue weighted by Crippen LogP contribution is 2.29. The van der Waals surface area contributed by atoms with Crippen molar-refractivity contribution in [1.82, 2.24) is 5.32 Å². The van der Waals surface area contributed by atoms with Crippen molar-refractivity contribution in [2.24, 2.45) is 10.2 Å². The average molecular weight is 417 g/mol. The number of carbonyl (C=O) groups is 2. The highest BCUT2D eigenvalue weighted by atomic mass is 32.2. The van der Waals surface area contributed by atoms with Gasteiger partial charge in [0.25, 0.3) is 0 Å². The van der Waals surface area contributed by atoms with Gasteiger partial charge in [-0.05, 0) is 42.8 Å². The normalized spacial score (nSPS) is 15.0. The van der Waals surface area contributed by atoms with E-state index in [9.17, 15) is 9.59 Å². The van der Waals surface area contributed by atoms with Gasteiger partial charge in [-0.2, -0.15) is 5.10 Å². The molecule has 0 saturated carbocycles. The maximum atomic E-state index is 11.4. The van der Waals surface area contributed by atoms with Crippen LogP contribution in [0.25, 0.3) is 0 Å². The summed E-state index contributed by atoms with van der Waals surface area (Å²) in [5, 5.41) is 11.0. The fourth-order valence-electron chi connectivity index (χ4n) is 2.33. The van der Waals surface area contributed by atoms with Gasteiger partial charge in [-0.25, -0.2) is 4.79 Å². The van der Waals surface area contributed by atoms with E-state index < -0.39 is 5.97 Å². The van der Waals surface area contributed by atoms with Crippen LogP contribution in [0.3, 0.4) is 0 Å². The second-order valence-electron chi connectivity index (χ2n) is 5.67. The summed E-state index contributed by atoms with van der Waals surface area (Å²) in [6.45, 7) is 2.44. The molecule has 1 aliphatic rings. The first-order valence-corrected chi connectivity index (χ1v) is 9.68. The molecule has 0 aliphatic carbocycles. The van der Waals surface area contributed by atoms with Crippen LogP contribution in [0, 0.1) is 0 Å². The molecule has 1 aliphatic heterocycles. The second-order valence-corrected chi connectivity index (χ2v) is 6.64. The number of thioether (sulfide) groups is 1. The number of esters is 1. The molecule has 1 aromatic heterocycles. The third-order valence-corrected chi connectivity index (χ3v) is 4.49. The van der Waals surface area contributed by atoms with Gasteiger partial charge in [0.15, 0.2) is 16.7 Å². The van der Waals surface area contributed by atoms with Gasteiger partial charge in [0.1, 0.15) is 12.4 Å². The number of benzene rings is 1. The third kappa shape index (κ3) is 5.61. The number of amides is 1. The lowest BCUT2D eigenvalue weighted by Crippen LogP contribution is -2.19. The van der Waals surface area contributed by atoms with Crippen LogP contribution in [0.2, 0.25) is 0 Å². The van der Waals surface area contributed by atoms with Crippen LogP contribution in [0.15, 0.2) is 45.0 Å². The van der Waals surface area contributed by atoms with Gasteiger partial charge in [0.2, 0.25) is 11.7 Å². The average Bonchev–Trinajstić information content (AvgIpc) is 3.36. The predicted molar refractivity (Wildman–Crippen MR) is 108 cm³/mol. The predicted octanol–water partition coefficient (Wildman–Crippen LogP) is 2.60. The van der Waals surface area contributed by atoms with E-state index in [1.807, 2.05) is 6.92 Å². The van der Waals surface area contributed by atoms with E-state index in [1.165, 1.54) is 24.9 Å². The summed E-state index contributed by atoms with van der Waals surface area (Å²) >= 11 is 1.30. The zero-order valence-corrected chi connectivity index (χ0v) is 16.7. The number of amidine groups is 1. The topological polar surface area (TPSA) is 112 Å². The Labute approximate surface area is 171 Å². The summed E-state index contributed by atoms with van der Waals surface area (Å²) in [7, 11) is 1.29. The molecule has 1 amide bonds. The molecule has 1 N–H and O–H groups in total. The zero-order valence-electron chi connectivity index (χ0n) is 15.8. The molecule has 29 heavy (non-hydrogen) atoms. The van der Waals surface area contributed by atoms with Gasteiger partial charge in [0.05, 0.1) is 25.7 Å². The molecule has 1 aromatic carbocycles. The van der Waals surface area contributed by atoms with Crippen LogP contribution in [-0.4, -0.2) is 42.7 Å². The molecular formula is C19H19N3O6S. The first-order chi connectivity index (χ1) is 14.1. The summed E-state index contributed by atoms with van der Waals surface area (Å²) in [4.78, 5) is 22.6. The third-order valence-electron chi connectivity index (χ3n) is 3.63. The van der Waals surface area contributed by atoms with E-state index in [0.717, 1.165) is 5.56 Å². The Morgan fingerprint density at radius 2 is 2.14 bits per heavy atom. The summed E-state index contributed by atoms with van der Waals surface area (Å²) in [5.41, 5.74) is 0.755. The highest BCUT2D eigenvalue weighted by molar-refractivity contribution is 8.15. The summed E-state index contributed by atoms with van der Waals surface area (Å²) in [6.07, 6.45) is 1.56. The first-order valence-electron chi connectivity index (χ1n) is 8.69. The molecule has 0 unspecified atom stereocenters. The van der Waals surface area contributed by atoms with Crippen molar-refractivity contribution >= 4 is 35.0 Å². The quantitative estimate of drug-likeness (QED) is 0.399. The molecular weight excluding hydrogens is 398 g/mol. The molecule has 1 saturated heterocycles. The molecule has 0 bridgehead atoms. The van der Waals surface area contributed by atoms with Crippen LogP contribution in [-0.2, 0) is 16.1 Å². The Morgan fingerprint density at radius 1 is 1.28 bits per heavy atom. The highest BCUT2D eigenvalue weighted by Gasteiger charge is 2.16. The van der Waals surface area contributed by atoms with Crippen molar-refractivity contribution in [3.63, 3.8) is 0 Å². The van der Waals surface area contributed by atoms with Crippen LogP contribution < -0.4 is 14.8 Å². The number of hydrogen-bond donors (Lipinski definition) is 1. The van der Waals surface area contributed by atoms with Gasteiger partial charge in [0, 0.05) is 0 Å². The van der Waals surface area contributed by atoms with Crippen LogP contribution in [0.5, 0.6) is 11.5 Å². The standard InChI is InChI=1S/C19H19N3O6S/c1-3-26-16-8-12(9-20-22-19-21-17(23)11-29-19)4-6-14(16)27-10-13-5-7-15(28-13)18(24)25-2/h4-9H,3,10-11H2,1-2H3,(H,21,22,23). The van der Waals surface area contributed by atoms with Crippen LogP contribution in [0.1, 0.15) is 28.8 Å². The molecule has 152 valence electrons. The Balaban J connectivity index is 1.66. The first kappa shape index (κ1) is 20.5. The molecule has 9 nitrogen and oxygen atoms in total. The van der Waals surface area contributed by atoms with Gasteiger partial charge in [-0.1, -0.05) is 11.8 Å². The molecule has 3 rings (SSSR count). The molecule has 2 heterocycles. The molecule has 1 fully saturated rings. The monoisotopic (exact) mass is 417 g/mol. The van der Waals surface area contributed by atoms with E-state index in [0.29, 0.717) is 34.8 Å². The maximum absolute atomic E-state index is 11.4. The van der Waals surface area contributed by atoms with E-state index in [-0.39, 0.29) is 18.3 Å². The second kappa shape index (κ2) is 9.78. The maximum Gasteiger partial charge on any atom is 0.373 e. The Hall–Kier alpha value is -3.27. The smallest absolute Gasteiger partial charge is 0.373 e. The SMILES string of the molecule is CCOc1cc(C=NN=C2NC(=O)CS2)ccc1OCc1ccc(C(=O)OC)o1. The summed E-state index contributed by atoms with van der Waals surface area (Å²) in [5.74, 6) is 1.36. The number of furan rings is 1. The van der Waals surface area contributed by atoms with Gasteiger partial charge in [-0.15, -0.1) is 5.10 Å². The van der Waals surface area contributed by atoms with Gasteiger partial charge < -0.3 is 23.9 Å². The van der Waals surface area contributed by atoms with E-state index in [1.54, 1.807) is 30.5 Å². The minimum atomic E-state index is -0.547. The lowest BCUT2D eigenvalue weighted by Gasteiger charge is -2.11. The van der Waals surface area contributed by atoms with Crippen molar-refractivity contribution in [3.05, 3.63) is 47.4 Å². The number of ether oxygens (including phenoxy) is 3. The fourth-order valence-corrected chi connectivity index (χ4v) is 2.97. The lowest BCUT2D eigenvalue weighted by atomic mass is 10.2. The van der Waals surface area contributed by atoms with Gasteiger partial charge >= 0.3 is 5.97 Å². The Kier molecular flexibility index (Phi) is 6.90. The molecule has 0 atom stereocenters. The van der Waals surface area contributed by atoms with E-state index >= 15 is 0 Å². The van der Waals surface area contributed by atoms with E-state index in [2.05, 4.69) is 20.3 Å². The largest absolute Gasteiger partial charge is 0.490 e. The van der Waals surface area contributed by atoms with Gasteiger partial charge in [-0.3, -0.25) is 4.79 Å². The van der Waals surface area contributed by atoms with Crippen molar-refractivity contribution in [1.29, 1.82) is 0 Å². The number of nitrogens with one attached hydrogen (secondary N) is 1. The van der Waals surface area contributed by atoms with Crippen molar-refractivity contribution in [3.8, 4) is 11.5 Å². The van der Waals surface area contributed by atoms with Crippen LogP contribution in [0.4, 0.5) is 0 Å². The molecule has 10 heteroatoms. The van der Waals surface area contributed by atoms with Crippen LogP contribution >= 0.6 is 11.8 Å². The Morgan fingerprint density at radius 3 is 2.86 bits per heavy atom. The summed E-state index contributed by atoms with van der Waals surface area (Å²) in [6, 6.07) is 8.48. The number of methoxy groups -OCH3 is 1. The number of hydrogen-bond acceptors (Lipinski definition) is 9. The van der Waals surface area contributed by atoms with Crippen molar-refractivity contribution < 1.29 is 28.2 Å². The lowest BCUT2D eigenvalue weighted by molar-refractivity contribution is -0.116. The zero-order chi connectivity index (χ0) is 20.6. The number of rotatable bonds is 8. The molecule has 2 aromatic rings. The molecule has 0 spiro atoms. The Bertz CT molecular complexity index is 953. The molecule has 0 radical (unpaired) electrons. The number of carbonyl (C=O) groups excluding carboxylic acids is 2. The number of nitrogens with zero attached hydrogens (tertiary/aromatic N) is 2. The van der Waals surface area contributed by atoms with E-state index in [4.69, 9.17) is 13.9 Å². The fraction of sp³-hybridized carbons (Fsp3) is 0.263. The minimum Gasteiger partial charge on any atom is -0.490 e. The minimum absolute atomic E-state index is 0.0839. The van der Waals surface area contributed by atoms with Crippen molar-refractivity contribution in [2.45, 2.75) is 13.5 Å².